The summed E-state index contributed by atoms with van der Waals surface area (Å²) in [5, 5.41) is 13.8. The molecule has 0 unspecified atom stereocenters. The van der Waals surface area contributed by atoms with Gasteiger partial charge in [-0.1, -0.05) is 50.3 Å². The second-order valence-corrected chi connectivity index (χ2v) is 5.57. The van der Waals surface area contributed by atoms with Crippen LogP contribution in [0.1, 0.15) is 31.0 Å². The molecule has 118 valence electrons. The molecule has 24 heavy (non-hydrogen) atoms. The monoisotopic (exact) mass is 314 g/mol. The van der Waals surface area contributed by atoms with Crippen molar-refractivity contribution in [2.45, 2.75) is 19.8 Å². The van der Waals surface area contributed by atoms with Crippen LogP contribution in [0.2, 0.25) is 0 Å². The van der Waals surface area contributed by atoms with E-state index < -0.39 is 0 Å². The Morgan fingerprint density at radius 3 is 2.75 bits per heavy atom. The van der Waals surface area contributed by atoms with Gasteiger partial charge in [0.1, 0.15) is 6.07 Å². The van der Waals surface area contributed by atoms with Gasteiger partial charge in [-0.2, -0.15) is 10.4 Å². The minimum atomic E-state index is 0.390. The lowest BCUT2D eigenvalue weighted by Crippen LogP contribution is -1.99. The SMILES string of the molecule is C=C(CCC)c1ccnc(-n2cc(-c3ccccc3)c(C#N)n2)c1. The second kappa shape index (κ2) is 6.93. The minimum absolute atomic E-state index is 0.390. The minimum Gasteiger partial charge on any atom is -0.237 e. The van der Waals surface area contributed by atoms with E-state index in [0.29, 0.717) is 11.5 Å². The van der Waals surface area contributed by atoms with Crippen LogP contribution in [0.4, 0.5) is 0 Å². The van der Waals surface area contributed by atoms with E-state index in [2.05, 4.69) is 29.7 Å². The van der Waals surface area contributed by atoms with Crippen molar-refractivity contribution in [3.63, 3.8) is 0 Å². The highest BCUT2D eigenvalue weighted by molar-refractivity contribution is 5.69. The van der Waals surface area contributed by atoms with Crippen molar-refractivity contribution < 1.29 is 0 Å². The van der Waals surface area contributed by atoms with E-state index >= 15 is 0 Å². The molecule has 0 spiro atoms. The summed E-state index contributed by atoms with van der Waals surface area (Å²) in [6.07, 6.45) is 5.60. The molecule has 0 bridgehead atoms. The molecule has 0 amide bonds. The van der Waals surface area contributed by atoms with E-state index in [9.17, 15) is 5.26 Å². The van der Waals surface area contributed by atoms with Crippen LogP contribution in [0.3, 0.4) is 0 Å². The third-order valence-electron chi connectivity index (χ3n) is 3.85. The number of benzene rings is 1. The van der Waals surface area contributed by atoms with Crippen LogP contribution in [0.5, 0.6) is 0 Å². The highest BCUT2D eigenvalue weighted by atomic mass is 15.3. The molecule has 3 aromatic rings. The second-order valence-electron chi connectivity index (χ2n) is 5.57. The Labute approximate surface area is 141 Å². The molecule has 0 atom stereocenters. The van der Waals surface area contributed by atoms with Gasteiger partial charge in [0.25, 0.3) is 0 Å². The van der Waals surface area contributed by atoms with Crippen molar-refractivity contribution in [1.82, 2.24) is 14.8 Å². The summed E-state index contributed by atoms with van der Waals surface area (Å²) in [7, 11) is 0. The molecule has 1 aromatic carbocycles. The zero-order chi connectivity index (χ0) is 16.9. The van der Waals surface area contributed by atoms with Crippen LogP contribution in [-0.2, 0) is 0 Å². The van der Waals surface area contributed by atoms with E-state index in [-0.39, 0.29) is 0 Å². The number of allylic oxidation sites excluding steroid dienone is 1. The molecular weight excluding hydrogens is 296 g/mol. The summed E-state index contributed by atoms with van der Waals surface area (Å²) in [5.74, 6) is 0.684. The summed E-state index contributed by atoms with van der Waals surface area (Å²) in [6.45, 7) is 6.26. The Morgan fingerprint density at radius 1 is 1.25 bits per heavy atom. The summed E-state index contributed by atoms with van der Waals surface area (Å²) in [5.41, 5.74) is 4.29. The fourth-order valence-electron chi connectivity index (χ4n) is 2.61. The fraction of sp³-hybridized carbons (Fsp3) is 0.150. The normalized spacial score (nSPS) is 10.3. The molecule has 3 rings (SSSR count). The first-order valence-electron chi connectivity index (χ1n) is 7.92. The summed E-state index contributed by atoms with van der Waals surface area (Å²) in [6, 6.07) is 15.9. The number of aromatic nitrogens is 3. The predicted octanol–water partition coefficient (Wildman–Crippen LogP) is 4.62. The Hall–Kier alpha value is -3.19. The Kier molecular flexibility index (Phi) is 4.53. The van der Waals surface area contributed by atoms with Gasteiger partial charge in [0.2, 0.25) is 0 Å². The zero-order valence-electron chi connectivity index (χ0n) is 13.6. The summed E-state index contributed by atoms with van der Waals surface area (Å²) < 4.78 is 1.66. The van der Waals surface area contributed by atoms with Gasteiger partial charge in [-0.3, -0.25) is 0 Å². The molecule has 0 radical (unpaired) electrons. The maximum Gasteiger partial charge on any atom is 0.170 e. The maximum absolute atomic E-state index is 9.39. The molecule has 0 saturated carbocycles. The third kappa shape index (κ3) is 3.11. The van der Waals surface area contributed by atoms with E-state index in [4.69, 9.17) is 0 Å². The lowest BCUT2D eigenvalue weighted by Gasteiger charge is -2.06. The molecule has 4 heteroatoms. The average molecular weight is 314 g/mol. The zero-order valence-corrected chi connectivity index (χ0v) is 13.6. The Bertz CT molecular complexity index is 901. The van der Waals surface area contributed by atoms with Crippen LogP contribution in [0.25, 0.3) is 22.5 Å². The highest BCUT2D eigenvalue weighted by Gasteiger charge is 2.12. The van der Waals surface area contributed by atoms with Gasteiger partial charge in [-0.25, -0.2) is 9.67 Å². The largest absolute Gasteiger partial charge is 0.237 e. The Morgan fingerprint density at radius 2 is 2.04 bits per heavy atom. The number of nitrogens with zero attached hydrogens (tertiary/aromatic N) is 4. The van der Waals surface area contributed by atoms with Gasteiger partial charge in [0, 0.05) is 18.0 Å². The molecule has 0 fully saturated rings. The number of rotatable bonds is 5. The molecule has 4 nitrogen and oxygen atoms in total. The van der Waals surface area contributed by atoms with E-state index in [1.54, 1.807) is 10.9 Å². The molecule has 0 N–H and O–H groups in total. The van der Waals surface area contributed by atoms with Gasteiger partial charge in [0.05, 0.1) is 0 Å². The molecule has 0 aliphatic rings. The standard InChI is InChI=1S/C20H18N4/c1-3-7-15(2)17-10-11-22-20(12-17)24-14-18(19(13-21)23-24)16-8-5-4-6-9-16/h4-6,8-12,14H,2-3,7H2,1H3. The van der Waals surface area contributed by atoms with Gasteiger partial charge in [-0.05, 0) is 35.3 Å². The quantitative estimate of drug-likeness (QED) is 0.690. The van der Waals surface area contributed by atoms with Crippen molar-refractivity contribution in [3.05, 3.63) is 72.7 Å². The maximum atomic E-state index is 9.39. The van der Waals surface area contributed by atoms with Gasteiger partial charge >= 0.3 is 0 Å². The lowest BCUT2D eigenvalue weighted by molar-refractivity contribution is 0.840. The molecule has 0 aliphatic carbocycles. The van der Waals surface area contributed by atoms with Crippen molar-refractivity contribution >= 4 is 5.57 Å². The first-order valence-corrected chi connectivity index (χ1v) is 7.92. The molecule has 2 aromatic heterocycles. The van der Waals surface area contributed by atoms with Gasteiger partial charge in [-0.15, -0.1) is 0 Å². The van der Waals surface area contributed by atoms with Crippen molar-refractivity contribution in [3.8, 4) is 23.0 Å². The fourth-order valence-corrected chi connectivity index (χ4v) is 2.61. The van der Waals surface area contributed by atoms with Gasteiger partial charge < -0.3 is 0 Å². The average Bonchev–Trinajstić information content (AvgIpc) is 3.07. The third-order valence-corrected chi connectivity index (χ3v) is 3.85. The topological polar surface area (TPSA) is 54.5 Å². The van der Waals surface area contributed by atoms with Crippen molar-refractivity contribution in [1.29, 1.82) is 5.26 Å². The van der Waals surface area contributed by atoms with E-state index in [1.807, 2.05) is 48.7 Å². The highest BCUT2D eigenvalue weighted by Crippen LogP contribution is 2.24. The number of pyridine rings is 1. The van der Waals surface area contributed by atoms with Crippen molar-refractivity contribution in [2.75, 3.05) is 0 Å². The molecule has 2 heterocycles. The van der Waals surface area contributed by atoms with E-state index in [1.165, 1.54) is 0 Å². The number of nitriles is 1. The number of hydrogen-bond acceptors (Lipinski definition) is 3. The smallest absolute Gasteiger partial charge is 0.170 e. The van der Waals surface area contributed by atoms with Crippen LogP contribution in [0.15, 0.2) is 61.4 Å². The van der Waals surface area contributed by atoms with Gasteiger partial charge in [0.15, 0.2) is 11.5 Å². The molecule has 0 aliphatic heterocycles. The van der Waals surface area contributed by atoms with Crippen LogP contribution in [-0.4, -0.2) is 14.8 Å². The first kappa shape index (κ1) is 15.7. The predicted molar refractivity (Wildman–Crippen MR) is 95.5 cm³/mol. The lowest BCUT2D eigenvalue weighted by atomic mass is 10.0. The van der Waals surface area contributed by atoms with Crippen LogP contribution >= 0.6 is 0 Å². The Balaban J connectivity index is 2.02. The van der Waals surface area contributed by atoms with Crippen LogP contribution < -0.4 is 0 Å². The number of hydrogen-bond donors (Lipinski definition) is 0. The van der Waals surface area contributed by atoms with E-state index in [0.717, 1.165) is 35.1 Å². The molecule has 0 saturated heterocycles. The van der Waals surface area contributed by atoms with Crippen LogP contribution in [0, 0.1) is 11.3 Å². The first-order chi connectivity index (χ1) is 11.7. The molecular formula is C20H18N4. The summed E-state index contributed by atoms with van der Waals surface area (Å²) in [4.78, 5) is 4.38. The summed E-state index contributed by atoms with van der Waals surface area (Å²) >= 11 is 0. The van der Waals surface area contributed by atoms with Crippen molar-refractivity contribution in [2.24, 2.45) is 0 Å².